The Bertz CT molecular complexity index is 926. The van der Waals surface area contributed by atoms with Crippen LogP contribution in [0.4, 0.5) is 0 Å². The van der Waals surface area contributed by atoms with Crippen LogP contribution < -0.4 is 0 Å². The van der Waals surface area contributed by atoms with Gasteiger partial charge < -0.3 is 4.90 Å². The van der Waals surface area contributed by atoms with Gasteiger partial charge in [-0.05, 0) is 42.0 Å². The molecule has 1 amide bonds. The second-order valence-electron chi connectivity index (χ2n) is 6.55. The molecule has 0 N–H and O–H groups in total. The van der Waals surface area contributed by atoms with Gasteiger partial charge >= 0.3 is 0 Å². The highest BCUT2D eigenvalue weighted by Gasteiger charge is 2.26. The van der Waals surface area contributed by atoms with Gasteiger partial charge in [0, 0.05) is 29.3 Å². The van der Waals surface area contributed by atoms with Crippen LogP contribution in [-0.2, 0) is 17.8 Å². The van der Waals surface area contributed by atoms with E-state index in [0.717, 1.165) is 25.1 Å². The number of fused-ring (bicyclic) bond motifs is 1. The Kier molecular flexibility index (Phi) is 4.71. The van der Waals surface area contributed by atoms with Crippen LogP contribution in [0, 0.1) is 0 Å². The highest BCUT2D eigenvalue weighted by molar-refractivity contribution is 7.10. The van der Waals surface area contributed by atoms with E-state index in [1.807, 2.05) is 40.1 Å². The fourth-order valence-corrected chi connectivity index (χ4v) is 4.36. The van der Waals surface area contributed by atoms with Gasteiger partial charge in [-0.2, -0.15) is 5.10 Å². The number of hydrogen-bond acceptors (Lipinski definition) is 3. The van der Waals surface area contributed by atoms with E-state index in [0.29, 0.717) is 0 Å². The van der Waals surface area contributed by atoms with Gasteiger partial charge in [-0.3, -0.25) is 9.48 Å². The zero-order valence-corrected chi connectivity index (χ0v) is 15.5. The summed E-state index contributed by atoms with van der Waals surface area (Å²) in [6.45, 7) is 3.62. The Hall–Kier alpha value is -2.66. The van der Waals surface area contributed by atoms with E-state index in [-0.39, 0.29) is 11.9 Å². The van der Waals surface area contributed by atoms with Gasteiger partial charge in [0.15, 0.2) is 0 Å². The van der Waals surface area contributed by atoms with Crippen molar-refractivity contribution >= 4 is 23.3 Å². The average Bonchev–Trinajstić information content (AvgIpc) is 3.30. The highest BCUT2D eigenvalue weighted by atomic mass is 32.1. The molecule has 1 aromatic carbocycles. The molecule has 3 aromatic rings. The quantitative estimate of drug-likeness (QED) is 0.653. The molecule has 4 nitrogen and oxygen atoms in total. The van der Waals surface area contributed by atoms with Crippen LogP contribution in [0.15, 0.2) is 60.2 Å². The number of hydrogen-bond donors (Lipinski definition) is 0. The molecule has 132 valence electrons. The zero-order chi connectivity index (χ0) is 17.9. The van der Waals surface area contributed by atoms with Gasteiger partial charge in [0.2, 0.25) is 5.91 Å². The van der Waals surface area contributed by atoms with Crippen LogP contribution in [-0.4, -0.2) is 27.1 Å². The maximum absolute atomic E-state index is 12.6. The Morgan fingerprint density at radius 2 is 2.15 bits per heavy atom. The Morgan fingerprint density at radius 1 is 1.31 bits per heavy atom. The number of carbonyl (C=O) groups is 1. The zero-order valence-electron chi connectivity index (χ0n) is 14.7. The number of thiophene rings is 1. The summed E-state index contributed by atoms with van der Waals surface area (Å²) in [5.41, 5.74) is 3.43. The van der Waals surface area contributed by atoms with E-state index in [9.17, 15) is 4.79 Å². The maximum atomic E-state index is 12.6. The topological polar surface area (TPSA) is 38.1 Å². The number of carbonyl (C=O) groups excluding carboxylic acids is 1. The van der Waals surface area contributed by atoms with Crippen molar-refractivity contribution in [1.82, 2.24) is 14.7 Å². The number of rotatable bonds is 4. The lowest BCUT2D eigenvalue weighted by atomic mass is 10.0. The second-order valence-corrected chi connectivity index (χ2v) is 7.55. The summed E-state index contributed by atoms with van der Waals surface area (Å²) < 4.78 is 1.89. The molecule has 0 fully saturated rings. The number of amides is 1. The average molecular weight is 363 g/mol. The Labute approximate surface area is 157 Å². The molecule has 0 aliphatic carbocycles. The molecular formula is C21H21N3OS. The minimum absolute atomic E-state index is 0.0603. The summed E-state index contributed by atoms with van der Waals surface area (Å²) in [5.74, 6) is 0.0603. The molecule has 1 atom stereocenters. The lowest BCUT2D eigenvalue weighted by Crippen LogP contribution is -2.37. The summed E-state index contributed by atoms with van der Waals surface area (Å²) in [7, 11) is 0. The predicted molar refractivity (Wildman–Crippen MR) is 105 cm³/mol. The summed E-state index contributed by atoms with van der Waals surface area (Å²) in [6.07, 6.45) is 8.23. The molecule has 0 spiro atoms. The highest BCUT2D eigenvalue weighted by Crippen LogP contribution is 2.32. The SMILES string of the molecule is C[C@H]1c2ccsc2CCN1C(=O)/C=C/c1cnn(Cc2ccccc2)c1. The first kappa shape index (κ1) is 16.8. The third-order valence-electron chi connectivity index (χ3n) is 4.82. The van der Waals surface area contributed by atoms with E-state index >= 15 is 0 Å². The minimum Gasteiger partial charge on any atom is -0.332 e. The summed E-state index contributed by atoms with van der Waals surface area (Å²) in [6, 6.07) is 12.5. The van der Waals surface area contributed by atoms with Gasteiger partial charge in [0.25, 0.3) is 0 Å². The van der Waals surface area contributed by atoms with Crippen LogP contribution in [0.1, 0.15) is 34.5 Å². The third kappa shape index (κ3) is 3.48. The van der Waals surface area contributed by atoms with Crippen molar-refractivity contribution in [2.75, 3.05) is 6.54 Å². The number of benzene rings is 1. The molecule has 0 radical (unpaired) electrons. The van der Waals surface area contributed by atoms with E-state index in [4.69, 9.17) is 0 Å². The van der Waals surface area contributed by atoms with Crippen molar-refractivity contribution < 1.29 is 4.79 Å². The molecule has 4 rings (SSSR count). The first-order chi connectivity index (χ1) is 12.7. The van der Waals surface area contributed by atoms with Crippen molar-refractivity contribution in [1.29, 1.82) is 0 Å². The largest absolute Gasteiger partial charge is 0.332 e. The van der Waals surface area contributed by atoms with Crippen LogP contribution in [0.5, 0.6) is 0 Å². The van der Waals surface area contributed by atoms with Crippen molar-refractivity contribution in [3.8, 4) is 0 Å². The summed E-state index contributed by atoms with van der Waals surface area (Å²) in [4.78, 5) is 16.0. The van der Waals surface area contributed by atoms with Crippen molar-refractivity contribution in [3.63, 3.8) is 0 Å². The molecule has 2 aromatic heterocycles. The van der Waals surface area contributed by atoms with Crippen LogP contribution >= 0.6 is 11.3 Å². The fourth-order valence-electron chi connectivity index (χ4n) is 3.40. The molecule has 1 aliphatic heterocycles. The molecule has 5 heteroatoms. The molecule has 3 heterocycles. The molecule has 26 heavy (non-hydrogen) atoms. The first-order valence-electron chi connectivity index (χ1n) is 8.82. The van der Waals surface area contributed by atoms with E-state index in [1.54, 1.807) is 23.6 Å². The van der Waals surface area contributed by atoms with Crippen LogP contribution in [0.3, 0.4) is 0 Å². The Morgan fingerprint density at radius 3 is 3.00 bits per heavy atom. The summed E-state index contributed by atoms with van der Waals surface area (Å²) >= 11 is 1.79. The standard InChI is InChI=1S/C21H21N3OS/c1-16-19-10-12-26-20(19)9-11-24(16)21(25)8-7-18-13-22-23(15-18)14-17-5-3-2-4-6-17/h2-8,10,12-13,15-16H,9,11,14H2,1H3/b8-7+/t16-/m0/s1. The van der Waals surface area contributed by atoms with Gasteiger partial charge in [0.1, 0.15) is 0 Å². The number of nitrogens with zero attached hydrogens (tertiary/aromatic N) is 3. The molecule has 0 saturated heterocycles. The summed E-state index contributed by atoms with van der Waals surface area (Å²) in [5, 5.41) is 6.50. The molecular weight excluding hydrogens is 342 g/mol. The van der Waals surface area contributed by atoms with Crippen LogP contribution in [0.25, 0.3) is 6.08 Å². The molecule has 1 aliphatic rings. The Balaban J connectivity index is 1.41. The van der Waals surface area contributed by atoms with E-state index in [1.165, 1.54) is 16.0 Å². The second kappa shape index (κ2) is 7.30. The van der Waals surface area contributed by atoms with Gasteiger partial charge in [-0.25, -0.2) is 0 Å². The lowest BCUT2D eigenvalue weighted by Gasteiger charge is -2.32. The monoisotopic (exact) mass is 363 g/mol. The van der Waals surface area contributed by atoms with Crippen LogP contribution in [0.2, 0.25) is 0 Å². The van der Waals surface area contributed by atoms with Crippen molar-refractivity contribution in [2.24, 2.45) is 0 Å². The lowest BCUT2D eigenvalue weighted by molar-refractivity contribution is -0.128. The first-order valence-corrected chi connectivity index (χ1v) is 9.70. The van der Waals surface area contributed by atoms with Crippen molar-refractivity contribution in [2.45, 2.75) is 25.9 Å². The predicted octanol–water partition coefficient (Wildman–Crippen LogP) is 4.15. The van der Waals surface area contributed by atoms with Gasteiger partial charge in [0.05, 0.1) is 18.8 Å². The van der Waals surface area contributed by atoms with Crippen molar-refractivity contribution in [3.05, 3.63) is 81.8 Å². The van der Waals surface area contributed by atoms with Gasteiger partial charge in [-0.15, -0.1) is 11.3 Å². The fraction of sp³-hybridized carbons (Fsp3) is 0.238. The third-order valence-corrected chi connectivity index (χ3v) is 5.82. The molecule has 0 bridgehead atoms. The van der Waals surface area contributed by atoms with Gasteiger partial charge in [-0.1, -0.05) is 30.3 Å². The number of aromatic nitrogens is 2. The van der Waals surface area contributed by atoms with E-state index < -0.39 is 0 Å². The minimum atomic E-state index is 0.0603. The molecule has 0 saturated carbocycles. The van der Waals surface area contributed by atoms with E-state index in [2.05, 4.69) is 35.6 Å². The normalized spacial score (nSPS) is 16.8. The maximum Gasteiger partial charge on any atom is 0.247 e. The molecule has 0 unspecified atom stereocenters. The smallest absolute Gasteiger partial charge is 0.247 e.